The molecule has 5 nitrogen and oxygen atoms in total. The molecule has 0 amide bonds. The standard InChI is InChI=1S/C36H35N3O2/c1-35(2,3)24-17-18-30(40)27(21-24)23-12-11-13-25(20-23)41-32-22-28(36(4,5)6)33-26-14-7-8-15-29(26)39(34(33)38-32)31-16-9-10-19-37-31/h7-22,40H,1-6H3. The van der Waals surface area contributed by atoms with Crippen LogP contribution < -0.4 is 4.74 Å². The molecule has 6 rings (SSSR count). The Labute approximate surface area is 241 Å². The van der Waals surface area contributed by atoms with E-state index in [0.717, 1.165) is 50.0 Å². The first kappa shape index (κ1) is 26.6. The molecule has 0 spiro atoms. The molecule has 3 aromatic carbocycles. The fourth-order valence-corrected chi connectivity index (χ4v) is 5.37. The normalized spacial score (nSPS) is 12.2. The van der Waals surface area contributed by atoms with Crippen LogP contribution in [0.1, 0.15) is 52.7 Å². The van der Waals surface area contributed by atoms with Crippen molar-refractivity contribution in [3.05, 3.63) is 108 Å². The number of aromatic hydroxyl groups is 1. The number of nitrogens with zero attached hydrogens (tertiary/aromatic N) is 3. The number of pyridine rings is 2. The molecule has 1 N–H and O–H groups in total. The lowest BCUT2D eigenvalue weighted by Gasteiger charge is -2.22. The van der Waals surface area contributed by atoms with Crippen molar-refractivity contribution >= 4 is 21.9 Å². The fraction of sp³-hybridized carbons (Fsp3) is 0.222. The van der Waals surface area contributed by atoms with Gasteiger partial charge in [-0.3, -0.25) is 4.57 Å². The second-order valence-electron chi connectivity index (χ2n) is 12.6. The first-order chi connectivity index (χ1) is 19.5. The zero-order valence-electron chi connectivity index (χ0n) is 24.4. The van der Waals surface area contributed by atoms with E-state index < -0.39 is 0 Å². The largest absolute Gasteiger partial charge is 0.507 e. The van der Waals surface area contributed by atoms with E-state index in [1.165, 1.54) is 0 Å². The van der Waals surface area contributed by atoms with Gasteiger partial charge in [-0.2, -0.15) is 4.98 Å². The van der Waals surface area contributed by atoms with Crippen LogP contribution in [-0.4, -0.2) is 19.6 Å². The second-order valence-corrected chi connectivity index (χ2v) is 12.6. The number of phenolic OH excluding ortho intramolecular Hbond substituents is 1. The first-order valence-corrected chi connectivity index (χ1v) is 14.0. The van der Waals surface area contributed by atoms with Crippen LogP contribution in [0.2, 0.25) is 0 Å². The summed E-state index contributed by atoms with van der Waals surface area (Å²) >= 11 is 0. The molecule has 5 heteroatoms. The minimum absolute atomic E-state index is 0.0364. The molecule has 206 valence electrons. The summed E-state index contributed by atoms with van der Waals surface area (Å²) in [7, 11) is 0. The quantitative estimate of drug-likeness (QED) is 0.242. The van der Waals surface area contributed by atoms with Gasteiger partial charge in [0.25, 0.3) is 0 Å². The van der Waals surface area contributed by atoms with Crippen LogP contribution in [0.5, 0.6) is 17.4 Å². The zero-order valence-corrected chi connectivity index (χ0v) is 24.4. The van der Waals surface area contributed by atoms with E-state index in [0.29, 0.717) is 11.6 Å². The molecule has 0 aliphatic rings. The van der Waals surface area contributed by atoms with Crippen LogP contribution in [0.25, 0.3) is 38.9 Å². The van der Waals surface area contributed by atoms with Crippen LogP contribution in [0.4, 0.5) is 0 Å². The van der Waals surface area contributed by atoms with Gasteiger partial charge >= 0.3 is 0 Å². The first-order valence-electron chi connectivity index (χ1n) is 14.0. The molecule has 0 unspecified atom stereocenters. The van der Waals surface area contributed by atoms with Gasteiger partial charge in [0.05, 0.1) is 5.52 Å². The molecule has 0 radical (unpaired) electrons. The van der Waals surface area contributed by atoms with Gasteiger partial charge in [-0.1, -0.05) is 84.0 Å². The van der Waals surface area contributed by atoms with E-state index in [2.05, 4.69) is 81.4 Å². The molecular weight excluding hydrogens is 506 g/mol. The highest BCUT2D eigenvalue weighted by Gasteiger charge is 2.25. The van der Waals surface area contributed by atoms with Crippen molar-refractivity contribution in [3.8, 4) is 34.3 Å². The van der Waals surface area contributed by atoms with Gasteiger partial charge in [0.1, 0.15) is 17.3 Å². The lowest BCUT2D eigenvalue weighted by Crippen LogP contribution is -2.12. The zero-order chi connectivity index (χ0) is 28.9. The van der Waals surface area contributed by atoms with Gasteiger partial charge < -0.3 is 9.84 Å². The van der Waals surface area contributed by atoms with Crippen LogP contribution in [0.3, 0.4) is 0 Å². The Kier molecular flexibility index (Phi) is 6.33. The second kappa shape index (κ2) is 9.77. The Hall–Kier alpha value is -4.64. The molecule has 0 fully saturated rings. The summed E-state index contributed by atoms with van der Waals surface area (Å²) in [4.78, 5) is 9.74. The van der Waals surface area contributed by atoms with Crippen molar-refractivity contribution in [1.82, 2.24) is 14.5 Å². The fourth-order valence-electron chi connectivity index (χ4n) is 5.37. The van der Waals surface area contributed by atoms with Gasteiger partial charge in [-0.15, -0.1) is 0 Å². The Balaban J connectivity index is 1.52. The molecule has 0 aliphatic heterocycles. The van der Waals surface area contributed by atoms with Crippen LogP contribution >= 0.6 is 0 Å². The molecule has 6 aromatic rings. The summed E-state index contributed by atoms with van der Waals surface area (Å²) in [5.41, 5.74) is 5.61. The third kappa shape index (κ3) is 4.93. The van der Waals surface area contributed by atoms with Gasteiger partial charge in [0.15, 0.2) is 5.65 Å². The molecule has 3 heterocycles. The average Bonchev–Trinajstić information content (AvgIpc) is 3.26. The van der Waals surface area contributed by atoms with E-state index in [1.807, 2.05) is 54.6 Å². The molecule has 0 aliphatic carbocycles. The minimum atomic E-state index is -0.167. The third-order valence-electron chi connectivity index (χ3n) is 7.52. The number of benzene rings is 3. The van der Waals surface area contributed by atoms with Crippen LogP contribution in [0.15, 0.2) is 97.2 Å². The molecule has 41 heavy (non-hydrogen) atoms. The molecular formula is C36H35N3O2. The number of rotatable bonds is 4. The Morgan fingerprint density at radius 2 is 1.54 bits per heavy atom. The van der Waals surface area contributed by atoms with Crippen molar-refractivity contribution in [3.63, 3.8) is 0 Å². The number of para-hydroxylation sites is 1. The number of hydrogen-bond acceptors (Lipinski definition) is 4. The maximum atomic E-state index is 10.7. The van der Waals surface area contributed by atoms with E-state index >= 15 is 0 Å². The summed E-state index contributed by atoms with van der Waals surface area (Å²) in [6, 6.07) is 30.0. The number of fused-ring (bicyclic) bond motifs is 3. The summed E-state index contributed by atoms with van der Waals surface area (Å²) in [5, 5.41) is 13.0. The number of aromatic nitrogens is 3. The molecule has 0 atom stereocenters. The Bertz CT molecular complexity index is 1890. The summed E-state index contributed by atoms with van der Waals surface area (Å²) in [6.07, 6.45) is 1.80. The van der Waals surface area contributed by atoms with E-state index in [4.69, 9.17) is 9.72 Å². The predicted octanol–water partition coefficient (Wildman–Crippen LogP) is 9.33. The Morgan fingerprint density at radius 3 is 2.27 bits per heavy atom. The highest BCUT2D eigenvalue weighted by Crippen LogP contribution is 2.41. The van der Waals surface area contributed by atoms with Crippen molar-refractivity contribution in [1.29, 1.82) is 0 Å². The SMILES string of the molecule is CC(C)(C)c1ccc(O)c(-c2cccc(Oc3cc(C(C)(C)C)c4c5ccccc5n(-c5ccccn5)c4n3)c2)c1. The van der Waals surface area contributed by atoms with Gasteiger partial charge in [-0.25, -0.2) is 4.98 Å². The van der Waals surface area contributed by atoms with Crippen LogP contribution in [0, 0.1) is 0 Å². The van der Waals surface area contributed by atoms with Crippen molar-refractivity contribution in [2.75, 3.05) is 0 Å². The maximum absolute atomic E-state index is 10.7. The summed E-state index contributed by atoms with van der Waals surface area (Å²) in [5.74, 6) is 2.20. The van der Waals surface area contributed by atoms with Crippen LogP contribution in [-0.2, 0) is 10.8 Å². The Morgan fingerprint density at radius 1 is 0.756 bits per heavy atom. The van der Waals surface area contributed by atoms with Gasteiger partial charge in [0, 0.05) is 28.6 Å². The lowest BCUT2D eigenvalue weighted by atomic mass is 9.85. The number of hydrogen-bond donors (Lipinski definition) is 1. The van der Waals surface area contributed by atoms with Gasteiger partial charge in [-0.05, 0) is 70.0 Å². The third-order valence-corrected chi connectivity index (χ3v) is 7.52. The smallest absolute Gasteiger partial charge is 0.221 e. The topological polar surface area (TPSA) is 60.2 Å². The molecule has 0 bridgehead atoms. The summed E-state index contributed by atoms with van der Waals surface area (Å²) in [6.45, 7) is 13.1. The highest BCUT2D eigenvalue weighted by atomic mass is 16.5. The van der Waals surface area contributed by atoms with Crippen molar-refractivity contribution in [2.45, 2.75) is 52.4 Å². The number of phenols is 1. The average molecular weight is 542 g/mol. The predicted molar refractivity (Wildman–Crippen MR) is 167 cm³/mol. The lowest BCUT2D eigenvalue weighted by molar-refractivity contribution is 0.461. The highest BCUT2D eigenvalue weighted by molar-refractivity contribution is 6.10. The molecule has 0 saturated carbocycles. The summed E-state index contributed by atoms with van der Waals surface area (Å²) < 4.78 is 8.59. The van der Waals surface area contributed by atoms with Crippen molar-refractivity contribution < 1.29 is 9.84 Å². The van der Waals surface area contributed by atoms with Gasteiger partial charge in [0.2, 0.25) is 5.88 Å². The molecule has 0 saturated heterocycles. The minimum Gasteiger partial charge on any atom is -0.507 e. The number of ether oxygens (including phenoxy) is 1. The molecule has 3 aromatic heterocycles. The van der Waals surface area contributed by atoms with Crippen molar-refractivity contribution in [2.24, 2.45) is 0 Å². The van der Waals surface area contributed by atoms with E-state index in [-0.39, 0.29) is 16.6 Å². The van der Waals surface area contributed by atoms with E-state index in [1.54, 1.807) is 12.3 Å². The maximum Gasteiger partial charge on any atom is 0.221 e. The monoisotopic (exact) mass is 541 g/mol. The van der Waals surface area contributed by atoms with E-state index in [9.17, 15) is 5.11 Å².